The van der Waals surface area contributed by atoms with Crippen LogP contribution >= 0.6 is 23.8 Å². The first kappa shape index (κ1) is 28.9. The van der Waals surface area contributed by atoms with Crippen LogP contribution in [0.2, 0.25) is 5.02 Å². The molecule has 2 aliphatic heterocycles. The summed E-state index contributed by atoms with van der Waals surface area (Å²) in [6.45, 7) is 11.1. The van der Waals surface area contributed by atoms with Crippen LogP contribution in [0.25, 0.3) is 16.5 Å². The van der Waals surface area contributed by atoms with Crippen LogP contribution in [-0.2, 0) is 0 Å². The summed E-state index contributed by atoms with van der Waals surface area (Å²) in [4.78, 5) is 9.45. The molecular weight excluding hydrogens is 582 g/mol. The van der Waals surface area contributed by atoms with E-state index in [4.69, 9.17) is 28.8 Å². The number of rotatable bonds is 5. The van der Waals surface area contributed by atoms with Crippen molar-refractivity contribution in [3.63, 3.8) is 0 Å². The molecule has 1 N–H and O–H groups in total. The number of aryl methyl sites for hydroxylation is 1. The third-order valence-corrected chi connectivity index (χ3v) is 9.93. The van der Waals surface area contributed by atoms with Gasteiger partial charge >= 0.3 is 0 Å². The van der Waals surface area contributed by atoms with Gasteiger partial charge in [-0.15, -0.1) is 0 Å². The predicted molar refractivity (Wildman–Crippen MR) is 187 cm³/mol. The maximum atomic E-state index is 7.08. The molecule has 7 heteroatoms. The molecule has 7 rings (SSSR count). The molecule has 3 aromatic carbocycles. The number of fused-ring (bicyclic) bond motifs is 1. The van der Waals surface area contributed by atoms with Gasteiger partial charge in [0.2, 0.25) is 0 Å². The molecule has 0 bridgehead atoms. The van der Waals surface area contributed by atoms with Gasteiger partial charge in [-0.1, -0.05) is 67.9 Å². The number of aromatic nitrogens is 2. The van der Waals surface area contributed by atoms with Gasteiger partial charge in [-0.25, -0.2) is 0 Å². The number of hydrogen-bond donors (Lipinski definition) is 1. The maximum Gasteiger partial charge on any atom is 0.174 e. The number of thiocarbonyl (C=S) groups is 1. The van der Waals surface area contributed by atoms with Gasteiger partial charge in [-0.3, -0.25) is 4.98 Å². The van der Waals surface area contributed by atoms with Crippen molar-refractivity contribution in [2.45, 2.75) is 46.2 Å². The number of nitrogens with one attached hydrogen (secondary N) is 1. The largest absolute Gasteiger partial charge is 0.370 e. The molecule has 0 radical (unpaired) electrons. The van der Waals surface area contributed by atoms with Gasteiger partial charge < -0.3 is 19.7 Å². The monoisotopic (exact) mass is 619 g/mol. The normalized spacial score (nSPS) is 22.1. The second-order valence-electron chi connectivity index (χ2n) is 12.6. The summed E-state index contributed by atoms with van der Waals surface area (Å²) in [5, 5.41) is 7.51. The van der Waals surface area contributed by atoms with Crippen LogP contribution in [0.3, 0.4) is 0 Å². The molecule has 2 aromatic heterocycles. The van der Waals surface area contributed by atoms with Gasteiger partial charge in [0.25, 0.3) is 0 Å². The Bertz CT molecular complexity index is 1830. The minimum absolute atomic E-state index is 0.121. The fourth-order valence-electron chi connectivity index (χ4n) is 7.57. The molecule has 2 aliphatic rings. The molecule has 4 heterocycles. The highest BCUT2D eigenvalue weighted by atomic mass is 35.5. The van der Waals surface area contributed by atoms with Crippen molar-refractivity contribution in [2.75, 3.05) is 22.9 Å². The summed E-state index contributed by atoms with van der Waals surface area (Å²) in [7, 11) is 0. The molecule has 2 fully saturated rings. The molecule has 44 heavy (non-hydrogen) atoms. The van der Waals surface area contributed by atoms with E-state index in [2.05, 4.69) is 120 Å². The smallest absolute Gasteiger partial charge is 0.174 e. The van der Waals surface area contributed by atoms with Crippen molar-refractivity contribution >= 4 is 51.1 Å². The molecule has 2 saturated heterocycles. The number of piperidine rings is 1. The lowest BCUT2D eigenvalue weighted by molar-refractivity contribution is 0.357. The van der Waals surface area contributed by atoms with Crippen LogP contribution in [0.5, 0.6) is 0 Å². The zero-order chi connectivity index (χ0) is 30.5. The summed E-state index contributed by atoms with van der Waals surface area (Å²) in [5.74, 6) is 1.29. The number of benzene rings is 3. The maximum absolute atomic E-state index is 7.08. The molecule has 0 spiro atoms. The zero-order valence-corrected chi connectivity index (χ0v) is 27.2. The van der Waals surface area contributed by atoms with Crippen LogP contribution in [0, 0.1) is 25.7 Å². The summed E-state index contributed by atoms with van der Waals surface area (Å²) in [6, 6.07) is 29.7. The van der Waals surface area contributed by atoms with E-state index in [0.29, 0.717) is 16.9 Å². The summed E-state index contributed by atoms with van der Waals surface area (Å²) in [5.41, 5.74) is 7.77. The minimum atomic E-state index is -0.132. The zero-order valence-electron chi connectivity index (χ0n) is 25.7. The van der Waals surface area contributed by atoms with Crippen molar-refractivity contribution in [3.8, 4) is 5.69 Å². The van der Waals surface area contributed by atoms with E-state index in [9.17, 15) is 0 Å². The molecule has 5 nitrogen and oxygen atoms in total. The van der Waals surface area contributed by atoms with E-state index in [1.807, 2.05) is 18.3 Å². The second kappa shape index (κ2) is 11.6. The molecule has 0 aliphatic carbocycles. The third-order valence-electron chi connectivity index (χ3n) is 9.31. The Morgan fingerprint density at radius 1 is 0.864 bits per heavy atom. The van der Waals surface area contributed by atoms with Gasteiger partial charge in [0.15, 0.2) is 5.11 Å². The summed E-state index contributed by atoms with van der Waals surface area (Å²) < 4.78 is 2.38. The van der Waals surface area contributed by atoms with Gasteiger partial charge in [-0.2, -0.15) is 0 Å². The summed E-state index contributed by atoms with van der Waals surface area (Å²) >= 11 is 13.2. The first-order valence-corrected chi connectivity index (χ1v) is 16.3. The first-order valence-electron chi connectivity index (χ1n) is 15.5. The average molecular weight is 620 g/mol. The van der Waals surface area contributed by atoms with Gasteiger partial charge in [0.05, 0.1) is 34.2 Å². The Hall–Kier alpha value is -3.87. The van der Waals surface area contributed by atoms with Gasteiger partial charge in [0, 0.05) is 41.7 Å². The van der Waals surface area contributed by atoms with Crippen molar-refractivity contribution < 1.29 is 0 Å². The number of pyridine rings is 1. The van der Waals surface area contributed by atoms with Crippen molar-refractivity contribution in [1.82, 2.24) is 14.9 Å². The molecule has 5 aromatic rings. The fourth-order valence-corrected chi connectivity index (χ4v) is 8.21. The lowest BCUT2D eigenvalue weighted by Crippen LogP contribution is -2.38. The van der Waals surface area contributed by atoms with Crippen LogP contribution in [0.15, 0.2) is 91.1 Å². The van der Waals surface area contributed by atoms with Gasteiger partial charge in [0.1, 0.15) is 0 Å². The predicted octanol–water partition coefficient (Wildman–Crippen LogP) is 8.96. The van der Waals surface area contributed by atoms with Crippen molar-refractivity contribution in [2.24, 2.45) is 11.8 Å². The molecule has 0 amide bonds. The van der Waals surface area contributed by atoms with E-state index in [-0.39, 0.29) is 12.1 Å². The summed E-state index contributed by atoms with van der Waals surface area (Å²) in [6.07, 6.45) is 3.11. The van der Waals surface area contributed by atoms with Crippen LogP contribution in [-0.4, -0.2) is 27.8 Å². The SMILES string of the molecule is Cc1cc([C@@H]2[C@H](c3ccccn3)NC(=S)N2c2ccc(N3C[C@@H](C)C[C@H](C)C3)c(Cl)c2)c(C)n1-c1cccc2ccccc12. The van der Waals surface area contributed by atoms with E-state index in [1.54, 1.807) is 0 Å². The highest BCUT2D eigenvalue weighted by molar-refractivity contribution is 7.80. The number of nitrogens with zero attached hydrogens (tertiary/aromatic N) is 4. The van der Waals surface area contributed by atoms with Crippen LogP contribution in [0.1, 0.15) is 55.0 Å². The highest BCUT2D eigenvalue weighted by Crippen LogP contribution is 2.45. The first-order chi connectivity index (χ1) is 21.3. The van der Waals surface area contributed by atoms with Crippen LogP contribution in [0.4, 0.5) is 11.4 Å². The fraction of sp³-hybridized carbons (Fsp3) is 0.297. The lowest BCUT2D eigenvalue weighted by Gasteiger charge is -2.37. The van der Waals surface area contributed by atoms with E-state index < -0.39 is 0 Å². The Kier molecular flexibility index (Phi) is 7.59. The number of hydrogen-bond acceptors (Lipinski definition) is 3. The van der Waals surface area contributed by atoms with E-state index in [1.165, 1.54) is 39.8 Å². The Morgan fingerprint density at radius 3 is 2.36 bits per heavy atom. The van der Waals surface area contributed by atoms with Crippen LogP contribution < -0.4 is 15.1 Å². The molecule has 224 valence electrons. The number of anilines is 2. The molecule has 4 atom stereocenters. The quantitative estimate of drug-likeness (QED) is 0.199. The average Bonchev–Trinajstić information content (AvgIpc) is 3.51. The molecule has 0 unspecified atom stereocenters. The standard InChI is InChI=1S/C37H38ClN5S/c1-23-18-24(2)22-41(21-23)34-16-15-28(20-31(34)38)43-36(35(40-37(43)44)32-13-7-8-17-39-32)30-19-25(3)42(26(30)4)33-14-9-11-27-10-5-6-12-29(27)33/h5-17,19-20,23-24,35-36H,18,21-22H2,1-4H3,(H,40,44)/t23-,24-,35-,36+/m0/s1. The molecule has 0 saturated carbocycles. The third kappa shape index (κ3) is 5.04. The highest BCUT2D eigenvalue weighted by Gasteiger charge is 2.42. The van der Waals surface area contributed by atoms with E-state index >= 15 is 0 Å². The molecular formula is C37H38ClN5S. The Morgan fingerprint density at radius 2 is 1.61 bits per heavy atom. The second-order valence-corrected chi connectivity index (χ2v) is 13.4. The van der Waals surface area contributed by atoms with E-state index in [0.717, 1.165) is 35.2 Å². The lowest BCUT2D eigenvalue weighted by atomic mass is 9.91. The van der Waals surface area contributed by atoms with Gasteiger partial charge in [-0.05, 0) is 97.7 Å². The number of halogens is 1. The Balaban J connectivity index is 1.34. The van der Waals surface area contributed by atoms with Crippen molar-refractivity contribution in [1.29, 1.82) is 0 Å². The Labute approximate surface area is 270 Å². The topological polar surface area (TPSA) is 36.3 Å². The van der Waals surface area contributed by atoms with Crippen molar-refractivity contribution in [3.05, 3.63) is 119 Å². The minimum Gasteiger partial charge on any atom is -0.370 e.